The second kappa shape index (κ2) is 5.49. The lowest BCUT2D eigenvalue weighted by molar-refractivity contribution is -0.116. The number of nitrogens with zero attached hydrogens (tertiary/aromatic N) is 1. The zero-order valence-corrected chi connectivity index (χ0v) is 14.1. The van der Waals surface area contributed by atoms with Crippen LogP contribution in [-0.4, -0.2) is 22.4 Å². The van der Waals surface area contributed by atoms with Crippen LogP contribution in [0.3, 0.4) is 0 Å². The molecule has 1 N–H and O–H groups in total. The average Bonchev–Trinajstić information content (AvgIpc) is 2.93. The van der Waals surface area contributed by atoms with Crippen LogP contribution in [0, 0.1) is 5.92 Å². The molecule has 26 heavy (non-hydrogen) atoms. The van der Waals surface area contributed by atoms with Crippen LogP contribution in [0.5, 0.6) is 5.75 Å². The number of Topliss-reactive ketones (excluding diaryl/α,β-unsaturated/α-hetero) is 2. The number of ketones is 2. The fraction of sp³-hybridized carbons (Fsp3) is 0.227. The summed E-state index contributed by atoms with van der Waals surface area (Å²) in [4.78, 5) is 30.8. The fourth-order valence-corrected chi connectivity index (χ4v) is 4.52. The van der Waals surface area contributed by atoms with E-state index in [1.165, 1.54) is 0 Å². The Morgan fingerprint density at radius 3 is 2.54 bits per heavy atom. The third kappa shape index (κ3) is 2.05. The van der Waals surface area contributed by atoms with E-state index in [4.69, 9.17) is 4.99 Å². The number of allylic oxidation sites excluding steroid dienone is 2. The first-order valence-corrected chi connectivity index (χ1v) is 8.92. The number of fused-ring (bicyclic) bond motifs is 3. The Morgan fingerprint density at radius 1 is 0.923 bits per heavy atom. The predicted octanol–water partition coefficient (Wildman–Crippen LogP) is 3.80. The summed E-state index contributed by atoms with van der Waals surface area (Å²) in [5, 5.41) is 9.97. The van der Waals surface area contributed by atoms with E-state index in [0.717, 1.165) is 35.4 Å². The molecule has 0 saturated heterocycles. The molecule has 1 aliphatic heterocycles. The Hall–Kier alpha value is -3.01. The summed E-state index contributed by atoms with van der Waals surface area (Å²) in [5.74, 6) is -0.643. The van der Waals surface area contributed by atoms with Gasteiger partial charge in [-0.15, -0.1) is 0 Å². The number of hydrogen-bond donors (Lipinski definition) is 1. The summed E-state index contributed by atoms with van der Waals surface area (Å²) in [5.41, 5.74) is 4.59. The van der Waals surface area contributed by atoms with E-state index in [1.54, 1.807) is 18.2 Å². The largest absolute Gasteiger partial charge is 0.508 e. The number of benzene rings is 2. The molecule has 4 heteroatoms. The zero-order valence-electron chi connectivity index (χ0n) is 14.1. The molecule has 5 rings (SSSR count). The van der Waals surface area contributed by atoms with Crippen LogP contribution in [0.2, 0.25) is 0 Å². The van der Waals surface area contributed by atoms with Crippen molar-refractivity contribution >= 4 is 17.3 Å². The molecule has 0 bridgehead atoms. The minimum atomic E-state index is -0.491. The predicted molar refractivity (Wildman–Crippen MR) is 97.5 cm³/mol. The highest BCUT2D eigenvalue weighted by atomic mass is 16.3. The number of aliphatic imine (C=N–C) groups is 1. The molecule has 0 saturated carbocycles. The molecule has 1 unspecified atom stereocenters. The van der Waals surface area contributed by atoms with E-state index in [2.05, 4.69) is 0 Å². The Labute approximate surface area is 150 Å². The lowest BCUT2D eigenvalue weighted by atomic mass is 9.71. The first-order valence-electron chi connectivity index (χ1n) is 8.92. The highest BCUT2D eigenvalue weighted by molar-refractivity contribution is 6.30. The number of rotatable bonds is 1. The van der Waals surface area contributed by atoms with Crippen LogP contribution in [-0.2, 0) is 4.79 Å². The lowest BCUT2D eigenvalue weighted by Gasteiger charge is -2.33. The van der Waals surface area contributed by atoms with Gasteiger partial charge in [0.2, 0.25) is 0 Å². The van der Waals surface area contributed by atoms with Crippen molar-refractivity contribution in [1.29, 1.82) is 0 Å². The standard InChI is InChI=1S/C22H17NO3/c24-13-6-3-5-12(11-13)18-19-16(9-4-10-17(19)25)23-21-14-7-1-2-8-15(14)22(26)20(18)21/h1-3,5-8,11,18,20,24H,4,9-10H2/t18-,20?/m1/s1. The summed E-state index contributed by atoms with van der Waals surface area (Å²) >= 11 is 0. The van der Waals surface area contributed by atoms with E-state index in [1.807, 2.05) is 30.3 Å². The van der Waals surface area contributed by atoms with E-state index in [9.17, 15) is 14.7 Å². The van der Waals surface area contributed by atoms with Crippen molar-refractivity contribution in [3.05, 3.63) is 76.5 Å². The molecule has 0 amide bonds. The van der Waals surface area contributed by atoms with Crippen molar-refractivity contribution < 1.29 is 14.7 Å². The quantitative estimate of drug-likeness (QED) is 0.856. The van der Waals surface area contributed by atoms with Gasteiger partial charge in [0, 0.05) is 34.7 Å². The SMILES string of the molecule is O=C1CCCC2=C1[C@@H](c1cccc(O)c1)C1C(=O)c3ccccc3C1=N2. The van der Waals surface area contributed by atoms with Crippen molar-refractivity contribution in [2.75, 3.05) is 0 Å². The summed E-state index contributed by atoms with van der Waals surface area (Å²) in [7, 11) is 0. The number of carbonyl (C=O) groups excluding carboxylic acids is 2. The van der Waals surface area contributed by atoms with Gasteiger partial charge < -0.3 is 5.11 Å². The maximum Gasteiger partial charge on any atom is 0.173 e. The lowest BCUT2D eigenvalue weighted by Crippen LogP contribution is -2.33. The molecular weight excluding hydrogens is 326 g/mol. The van der Waals surface area contributed by atoms with Gasteiger partial charge in [0.25, 0.3) is 0 Å². The maximum atomic E-state index is 13.2. The number of hydrogen-bond acceptors (Lipinski definition) is 4. The molecule has 0 spiro atoms. The molecule has 2 aromatic rings. The van der Waals surface area contributed by atoms with Gasteiger partial charge in [0.15, 0.2) is 11.6 Å². The summed E-state index contributed by atoms with van der Waals surface area (Å²) in [6.07, 6.45) is 2.04. The van der Waals surface area contributed by atoms with E-state index in [-0.39, 0.29) is 23.2 Å². The van der Waals surface area contributed by atoms with Crippen molar-refractivity contribution in [3.8, 4) is 5.75 Å². The molecule has 0 aromatic heterocycles. The summed E-state index contributed by atoms with van der Waals surface area (Å²) in [6.45, 7) is 0. The Morgan fingerprint density at radius 2 is 1.73 bits per heavy atom. The summed E-state index contributed by atoms with van der Waals surface area (Å²) in [6, 6.07) is 14.4. The second-order valence-electron chi connectivity index (χ2n) is 7.09. The van der Waals surface area contributed by atoms with Gasteiger partial charge in [-0.05, 0) is 30.5 Å². The molecule has 2 aromatic carbocycles. The Kier molecular flexibility index (Phi) is 3.23. The van der Waals surface area contributed by atoms with E-state index >= 15 is 0 Å². The first kappa shape index (κ1) is 15.3. The zero-order chi connectivity index (χ0) is 17.8. The van der Waals surface area contributed by atoms with Crippen LogP contribution in [0.15, 0.2) is 64.8 Å². The maximum absolute atomic E-state index is 13.2. The molecule has 2 atom stereocenters. The fourth-order valence-electron chi connectivity index (χ4n) is 4.52. The molecule has 3 aliphatic rings. The number of aromatic hydroxyl groups is 1. The van der Waals surface area contributed by atoms with Crippen molar-refractivity contribution in [2.45, 2.75) is 25.2 Å². The van der Waals surface area contributed by atoms with Crippen molar-refractivity contribution in [3.63, 3.8) is 0 Å². The van der Waals surface area contributed by atoms with Gasteiger partial charge >= 0.3 is 0 Å². The van der Waals surface area contributed by atoms with E-state index < -0.39 is 5.92 Å². The molecule has 2 aliphatic carbocycles. The molecule has 0 radical (unpaired) electrons. The average molecular weight is 343 g/mol. The normalized spacial score (nSPS) is 24.1. The third-order valence-electron chi connectivity index (χ3n) is 5.60. The van der Waals surface area contributed by atoms with Gasteiger partial charge in [-0.25, -0.2) is 0 Å². The molecule has 4 nitrogen and oxygen atoms in total. The van der Waals surface area contributed by atoms with Gasteiger partial charge in [-0.1, -0.05) is 36.4 Å². The van der Waals surface area contributed by atoms with E-state index in [0.29, 0.717) is 17.6 Å². The van der Waals surface area contributed by atoms with Crippen molar-refractivity contribution in [2.24, 2.45) is 10.9 Å². The molecular formula is C22H17NO3. The topological polar surface area (TPSA) is 66.7 Å². The number of phenols is 1. The van der Waals surface area contributed by atoms with Crippen LogP contribution in [0.1, 0.15) is 46.7 Å². The summed E-state index contributed by atoms with van der Waals surface area (Å²) < 4.78 is 0. The van der Waals surface area contributed by atoms with Crippen LogP contribution in [0.4, 0.5) is 0 Å². The van der Waals surface area contributed by atoms with Gasteiger partial charge in [-0.2, -0.15) is 0 Å². The molecule has 0 fully saturated rings. The van der Waals surface area contributed by atoms with Gasteiger partial charge in [0.1, 0.15) is 5.75 Å². The minimum absolute atomic E-state index is 0.0117. The van der Waals surface area contributed by atoms with Crippen LogP contribution >= 0.6 is 0 Å². The minimum Gasteiger partial charge on any atom is -0.508 e. The van der Waals surface area contributed by atoms with Gasteiger partial charge in [0.05, 0.1) is 11.6 Å². The Balaban J connectivity index is 1.78. The van der Waals surface area contributed by atoms with Crippen molar-refractivity contribution in [1.82, 2.24) is 0 Å². The highest BCUT2D eigenvalue weighted by Gasteiger charge is 2.48. The Bertz CT molecular complexity index is 1030. The van der Waals surface area contributed by atoms with Crippen LogP contribution in [0.25, 0.3) is 0 Å². The van der Waals surface area contributed by atoms with Gasteiger partial charge in [-0.3, -0.25) is 14.6 Å². The number of phenolic OH excluding ortho intramolecular Hbond substituents is 1. The highest BCUT2D eigenvalue weighted by Crippen LogP contribution is 2.48. The monoisotopic (exact) mass is 343 g/mol. The third-order valence-corrected chi connectivity index (χ3v) is 5.60. The molecule has 1 heterocycles. The number of carbonyl (C=O) groups is 2. The first-order chi connectivity index (χ1) is 12.6. The molecule has 128 valence electrons. The smallest absolute Gasteiger partial charge is 0.173 e. The second-order valence-corrected chi connectivity index (χ2v) is 7.09. The van der Waals surface area contributed by atoms with Crippen LogP contribution < -0.4 is 0 Å².